The molecular formula is C21H23ClN2O5. The number of carbonyl (C=O) groups excluding carboxylic acids is 2. The second kappa shape index (κ2) is 8.71. The number of hydrogen-bond donors (Lipinski definition) is 1. The number of halogens is 1. The van der Waals surface area contributed by atoms with Gasteiger partial charge in [-0.15, -0.1) is 0 Å². The monoisotopic (exact) mass is 418 g/mol. The van der Waals surface area contributed by atoms with E-state index in [1.165, 1.54) is 24.3 Å². The van der Waals surface area contributed by atoms with Crippen LogP contribution in [0, 0.1) is 0 Å². The number of aliphatic hydroxyl groups is 1. The van der Waals surface area contributed by atoms with Crippen LogP contribution in [0.1, 0.15) is 23.8 Å². The van der Waals surface area contributed by atoms with E-state index in [0.717, 1.165) is 6.54 Å². The van der Waals surface area contributed by atoms with E-state index < -0.39 is 17.7 Å². The molecule has 0 radical (unpaired) electrons. The van der Waals surface area contributed by atoms with Crippen LogP contribution in [0.2, 0.25) is 5.02 Å². The standard InChI is InChI=1S/C21H23ClN2O5/c1-23(2)9-5-10-24-18(16-6-4-11-29-16)17(20(26)21(24)27)19(25)13-7-8-15(28-3)14(22)12-13/h4,6-8,11-12,18,25H,5,9-10H2,1-3H3/b19-17-/t18-/m0/s1. The van der Waals surface area contributed by atoms with Crippen molar-refractivity contribution in [3.8, 4) is 5.75 Å². The summed E-state index contributed by atoms with van der Waals surface area (Å²) < 4.78 is 10.6. The Hall–Kier alpha value is -2.77. The van der Waals surface area contributed by atoms with Gasteiger partial charge in [0.25, 0.3) is 11.7 Å². The van der Waals surface area contributed by atoms with Gasteiger partial charge in [-0.3, -0.25) is 9.59 Å². The molecule has 1 aliphatic heterocycles. The fourth-order valence-corrected chi connectivity index (χ4v) is 3.64. The lowest BCUT2D eigenvalue weighted by atomic mass is 9.99. The molecule has 2 aromatic rings. The van der Waals surface area contributed by atoms with Crippen LogP contribution in [0.5, 0.6) is 5.75 Å². The molecule has 7 nitrogen and oxygen atoms in total. The Labute approximate surface area is 174 Å². The highest BCUT2D eigenvalue weighted by molar-refractivity contribution is 6.46. The van der Waals surface area contributed by atoms with Crippen molar-refractivity contribution < 1.29 is 23.8 Å². The molecule has 2 heterocycles. The number of furan rings is 1. The van der Waals surface area contributed by atoms with Gasteiger partial charge in [-0.1, -0.05) is 11.6 Å². The fraction of sp³-hybridized carbons (Fsp3) is 0.333. The second-order valence-corrected chi connectivity index (χ2v) is 7.42. The van der Waals surface area contributed by atoms with E-state index >= 15 is 0 Å². The van der Waals surface area contributed by atoms with E-state index in [2.05, 4.69) is 0 Å². The Morgan fingerprint density at radius 2 is 2.07 bits per heavy atom. The lowest BCUT2D eigenvalue weighted by molar-refractivity contribution is -0.140. The number of methoxy groups -OCH3 is 1. The van der Waals surface area contributed by atoms with Crippen LogP contribution < -0.4 is 4.74 Å². The predicted octanol–water partition coefficient (Wildman–Crippen LogP) is 3.32. The van der Waals surface area contributed by atoms with Crippen molar-refractivity contribution in [3.05, 3.63) is 58.5 Å². The van der Waals surface area contributed by atoms with Crippen LogP contribution in [0.3, 0.4) is 0 Å². The minimum Gasteiger partial charge on any atom is -0.507 e. The third-order valence-corrected chi connectivity index (χ3v) is 5.08. The van der Waals surface area contributed by atoms with Gasteiger partial charge in [0.1, 0.15) is 23.3 Å². The first kappa shape index (κ1) is 21.0. The number of rotatable bonds is 7. The Bertz CT molecular complexity index is 937. The molecule has 0 bridgehead atoms. The van der Waals surface area contributed by atoms with Crippen LogP contribution in [-0.4, -0.2) is 60.9 Å². The Kier molecular flexibility index (Phi) is 6.30. The van der Waals surface area contributed by atoms with Crippen LogP contribution in [0.4, 0.5) is 0 Å². The summed E-state index contributed by atoms with van der Waals surface area (Å²) in [5.41, 5.74) is 0.301. The van der Waals surface area contributed by atoms with E-state index in [4.69, 9.17) is 20.8 Å². The minimum absolute atomic E-state index is 0.0176. The maximum Gasteiger partial charge on any atom is 0.295 e. The number of carbonyl (C=O) groups is 2. The maximum absolute atomic E-state index is 12.8. The van der Waals surface area contributed by atoms with Gasteiger partial charge in [-0.05, 0) is 57.4 Å². The minimum atomic E-state index is -0.798. The average molecular weight is 419 g/mol. The molecule has 1 N–H and O–H groups in total. The number of ketones is 1. The zero-order valence-corrected chi connectivity index (χ0v) is 17.3. The van der Waals surface area contributed by atoms with Gasteiger partial charge >= 0.3 is 0 Å². The molecule has 1 atom stereocenters. The van der Waals surface area contributed by atoms with Gasteiger partial charge < -0.3 is 24.1 Å². The molecule has 154 valence electrons. The van der Waals surface area contributed by atoms with Gasteiger partial charge in [-0.25, -0.2) is 0 Å². The summed E-state index contributed by atoms with van der Waals surface area (Å²) in [6, 6.07) is 7.23. The van der Waals surface area contributed by atoms with Crippen LogP contribution >= 0.6 is 11.6 Å². The molecule has 0 saturated carbocycles. The molecule has 8 heteroatoms. The Morgan fingerprint density at radius 3 is 2.66 bits per heavy atom. The van der Waals surface area contributed by atoms with Crippen molar-refractivity contribution in [3.63, 3.8) is 0 Å². The number of amides is 1. The molecule has 1 aliphatic rings. The van der Waals surface area contributed by atoms with Crippen LogP contribution in [-0.2, 0) is 9.59 Å². The number of ether oxygens (including phenoxy) is 1. The Morgan fingerprint density at radius 1 is 1.31 bits per heavy atom. The molecule has 0 unspecified atom stereocenters. The van der Waals surface area contributed by atoms with E-state index in [-0.39, 0.29) is 16.4 Å². The van der Waals surface area contributed by atoms with Crippen molar-refractivity contribution in [2.24, 2.45) is 0 Å². The first-order valence-corrected chi connectivity index (χ1v) is 9.53. The quantitative estimate of drug-likeness (QED) is 0.422. The van der Waals surface area contributed by atoms with Gasteiger partial charge in [0.15, 0.2) is 0 Å². The second-order valence-electron chi connectivity index (χ2n) is 7.01. The highest BCUT2D eigenvalue weighted by Gasteiger charge is 2.47. The van der Waals surface area contributed by atoms with Crippen molar-refractivity contribution in [1.29, 1.82) is 0 Å². The zero-order chi connectivity index (χ0) is 21.1. The number of nitrogens with zero attached hydrogens (tertiary/aromatic N) is 2. The molecule has 1 amide bonds. The summed E-state index contributed by atoms with van der Waals surface area (Å²) in [5.74, 6) is -0.860. The molecule has 0 aliphatic carbocycles. The fourth-order valence-electron chi connectivity index (χ4n) is 3.38. The summed E-state index contributed by atoms with van der Waals surface area (Å²) in [7, 11) is 5.36. The number of benzene rings is 1. The topological polar surface area (TPSA) is 83.2 Å². The molecule has 3 rings (SSSR count). The summed E-state index contributed by atoms with van der Waals surface area (Å²) in [5, 5.41) is 11.2. The van der Waals surface area contributed by atoms with Crippen LogP contribution in [0.25, 0.3) is 5.76 Å². The first-order chi connectivity index (χ1) is 13.8. The van der Waals surface area contributed by atoms with Crippen molar-refractivity contribution in [2.75, 3.05) is 34.3 Å². The summed E-state index contributed by atoms with van der Waals surface area (Å²) >= 11 is 6.16. The molecule has 1 aromatic heterocycles. The third-order valence-electron chi connectivity index (χ3n) is 4.78. The normalized spacial score (nSPS) is 18.7. The maximum atomic E-state index is 12.8. The molecule has 29 heavy (non-hydrogen) atoms. The molecular weight excluding hydrogens is 396 g/mol. The van der Waals surface area contributed by atoms with Crippen molar-refractivity contribution >= 4 is 29.1 Å². The highest BCUT2D eigenvalue weighted by Crippen LogP contribution is 2.40. The lowest BCUT2D eigenvalue weighted by Crippen LogP contribution is -2.32. The van der Waals surface area contributed by atoms with Crippen molar-refractivity contribution in [1.82, 2.24) is 9.80 Å². The molecule has 0 spiro atoms. The van der Waals surface area contributed by atoms with Crippen molar-refractivity contribution in [2.45, 2.75) is 12.5 Å². The van der Waals surface area contributed by atoms with E-state index in [9.17, 15) is 14.7 Å². The van der Waals surface area contributed by atoms with E-state index in [1.807, 2.05) is 19.0 Å². The molecule has 1 aromatic carbocycles. The van der Waals surface area contributed by atoms with E-state index in [1.54, 1.807) is 24.3 Å². The zero-order valence-electron chi connectivity index (χ0n) is 16.5. The smallest absolute Gasteiger partial charge is 0.295 e. The predicted molar refractivity (Wildman–Crippen MR) is 109 cm³/mol. The number of Topliss-reactive ketones (excluding diaryl/α,β-unsaturated/α-hetero) is 1. The largest absolute Gasteiger partial charge is 0.507 e. The molecule has 1 saturated heterocycles. The summed E-state index contributed by atoms with van der Waals surface area (Å²) in [6.45, 7) is 1.11. The number of likely N-dealkylation sites (tertiary alicyclic amines) is 1. The van der Waals surface area contributed by atoms with Gasteiger partial charge in [-0.2, -0.15) is 0 Å². The molecule has 1 fully saturated rings. The van der Waals surface area contributed by atoms with Gasteiger partial charge in [0.05, 0.1) is 24.0 Å². The van der Waals surface area contributed by atoms with E-state index in [0.29, 0.717) is 30.0 Å². The van der Waals surface area contributed by atoms with Crippen LogP contribution in [0.15, 0.2) is 46.6 Å². The SMILES string of the molecule is COc1ccc(/C(O)=C2/C(=O)C(=O)N(CCCN(C)C)[C@H]2c2ccco2)cc1Cl. The van der Waals surface area contributed by atoms with Gasteiger partial charge in [0.2, 0.25) is 0 Å². The Balaban J connectivity index is 2.05. The lowest BCUT2D eigenvalue weighted by Gasteiger charge is -2.24. The van der Waals surface area contributed by atoms with Gasteiger partial charge in [0, 0.05) is 12.1 Å². The summed E-state index contributed by atoms with van der Waals surface area (Å²) in [4.78, 5) is 29.0. The first-order valence-electron chi connectivity index (χ1n) is 9.15. The third kappa shape index (κ3) is 4.16. The number of aliphatic hydroxyl groups excluding tert-OH is 1. The highest BCUT2D eigenvalue weighted by atomic mass is 35.5. The number of hydrogen-bond acceptors (Lipinski definition) is 6. The average Bonchev–Trinajstić information content (AvgIpc) is 3.29. The summed E-state index contributed by atoms with van der Waals surface area (Å²) in [6.07, 6.45) is 2.14.